The van der Waals surface area contributed by atoms with E-state index < -0.39 is 11.9 Å². The first-order valence-corrected chi connectivity index (χ1v) is 8.61. The highest BCUT2D eigenvalue weighted by atomic mass is 35.5. The number of halogens is 1. The number of ether oxygens (including phenoxy) is 2. The van der Waals surface area contributed by atoms with E-state index in [1.807, 2.05) is 6.92 Å². The van der Waals surface area contributed by atoms with Gasteiger partial charge in [-0.15, -0.1) is 0 Å². The van der Waals surface area contributed by atoms with Gasteiger partial charge in [0.05, 0.1) is 18.6 Å². The van der Waals surface area contributed by atoms with Crippen molar-refractivity contribution in [1.82, 2.24) is 4.98 Å². The Bertz CT molecular complexity index is 932. The first-order valence-electron chi connectivity index (χ1n) is 8.23. The van der Waals surface area contributed by atoms with Gasteiger partial charge in [-0.25, -0.2) is 4.79 Å². The number of nitrogens with two attached hydrogens (primary N) is 1. The maximum Gasteiger partial charge on any atom is 0.340 e. The largest absolute Gasteiger partial charge is 0.465 e. The molecule has 1 atom stereocenters. The fourth-order valence-corrected chi connectivity index (χ4v) is 3.26. The predicted octanol–water partition coefficient (Wildman–Crippen LogP) is 2.85. The number of carbonyl (C=O) groups excluding carboxylic acids is 1. The van der Waals surface area contributed by atoms with Gasteiger partial charge in [0.15, 0.2) is 0 Å². The molecule has 0 amide bonds. The second-order valence-electron chi connectivity index (χ2n) is 6.01. The average Bonchev–Trinajstić information content (AvgIpc) is 2.61. The Balaban J connectivity index is 2.25. The summed E-state index contributed by atoms with van der Waals surface area (Å²) in [4.78, 5) is 28.0. The van der Waals surface area contributed by atoms with Crippen molar-refractivity contribution in [2.45, 2.75) is 25.7 Å². The Labute approximate surface area is 155 Å². The van der Waals surface area contributed by atoms with E-state index in [0.29, 0.717) is 28.3 Å². The minimum atomic E-state index is -0.706. The van der Waals surface area contributed by atoms with E-state index in [1.54, 1.807) is 30.3 Å². The fraction of sp³-hybridized carbons (Fsp3) is 0.263. The van der Waals surface area contributed by atoms with Crippen LogP contribution < -0.4 is 16.0 Å². The normalized spacial score (nSPS) is 16.0. The van der Waals surface area contributed by atoms with Gasteiger partial charge in [0.25, 0.3) is 5.56 Å². The van der Waals surface area contributed by atoms with Crippen molar-refractivity contribution in [1.29, 1.82) is 0 Å². The van der Waals surface area contributed by atoms with Crippen LogP contribution in [0.25, 0.3) is 0 Å². The molecule has 0 saturated carbocycles. The van der Waals surface area contributed by atoms with Crippen LogP contribution in [-0.2, 0) is 16.0 Å². The third-order valence-corrected chi connectivity index (χ3v) is 4.53. The lowest BCUT2D eigenvalue weighted by molar-refractivity contribution is -0.136. The number of aryl methyl sites for hydroxylation is 1. The monoisotopic (exact) mass is 374 g/mol. The summed E-state index contributed by atoms with van der Waals surface area (Å²) in [6.45, 7) is 2.01. The molecule has 0 saturated heterocycles. The van der Waals surface area contributed by atoms with Gasteiger partial charge in [0.1, 0.15) is 11.3 Å². The van der Waals surface area contributed by atoms with E-state index >= 15 is 0 Å². The molecule has 0 spiro atoms. The molecule has 3 N–H and O–H groups in total. The van der Waals surface area contributed by atoms with Gasteiger partial charge in [-0.2, -0.15) is 0 Å². The number of pyridine rings is 1. The Morgan fingerprint density at radius 2 is 2.04 bits per heavy atom. The molecule has 1 aliphatic heterocycles. The van der Waals surface area contributed by atoms with Crippen LogP contribution in [0.4, 0.5) is 0 Å². The maximum absolute atomic E-state index is 12.8. The first-order chi connectivity index (χ1) is 12.5. The Hall–Kier alpha value is -2.73. The molecule has 2 aromatic rings. The summed E-state index contributed by atoms with van der Waals surface area (Å²) in [6, 6.07) is 8.63. The summed E-state index contributed by atoms with van der Waals surface area (Å²) in [5.74, 6) is -1.08. The van der Waals surface area contributed by atoms with E-state index in [-0.39, 0.29) is 17.0 Å². The number of rotatable bonds is 4. The Kier molecular flexibility index (Phi) is 5.04. The zero-order valence-corrected chi connectivity index (χ0v) is 15.2. The molecule has 26 heavy (non-hydrogen) atoms. The molecule has 6 nitrogen and oxygen atoms in total. The maximum atomic E-state index is 12.8. The third kappa shape index (κ3) is 3.20. The number of hydrogen-bond acceptors (Lipinski definition) is 5. The molecule has 0 bridgehead atoms. The van der Waals surface area contributed by atoms with E-state index in [9.17, 15) is 9.59 Å². The van der Waals surface area contributed by atoms with Gasteiger partial charge in [-0.1, -0.05) is 37.1 Å². The molecular formula is C19H19ClN2O4. The van der Waals surface area contributed by atoms with Gasteiger partial charge < -0.3 is 20.2 Å². The molecule has 3 rings (SSSR count). The minimum absolute atomic E-state index is 0.0719. The highest BCUT2D eigenvalue weighted by molar-refractivity contribution is 6.30. The number of methoxy groups -OCH3 is 1. The lowest BCUT2D eigenvalue weighted by Gasteiger charge is -2.27. The second-order valence-corrected chi connectivity index (χ2v) is 6.44. The van der Waals surface area contributed by atoms with E-state index in [4.69, 9.17) is 26.8 Å². The van der Waals surface area contributed by atoms with Crippen molar-refractivity contribution in [3.8, 4) is 5.75 Å². The van der Waals surface area contributed by atoms with Crippen LogP contribution in [0, 0.1) is 0 Å². The first kappa shape index (κ1) is 18.1. The lowest BCUT2D eigenvalue weighted by Crippen LogP contribution is -2.32. The fourth-order valence-electron chi connectivity index (χ4n) is 3.14. The topological polar surface area (TPSA) is 94.4 Å². The van der Waals surface area contributed by atoms with Gasteiger partial charge in [0.2, 0.25) is 5.88 Å². The number of aromatic amines is 1. The summed E-state index contributed by atoms with van der Waals surface area (Å²) in [7, 11) is 1.26. The second kappa shape index (κ2) is 7.25. The zero-order valence-electron chi connectivity index (χ0n) is 14.5. The van der Waals surface area contributed by atoms with Crippen LogP contribution in [0.2, 0.25) is 5.02 Å². The van der Waals surface area contributed by atoms with Crippen LogP contribution in [0.5, 0.6) is 5.75 Å². The van der Waals surface area contributed by atoms with Gasteiger partial charge in [-0.3, -0.25) is 4.79 Å². The summed E-state index contributed by atoms with van der Waals surface area (Å²) in [5, 5.41) is 0.546. The van der Waals surface area contributed by atoms with Crippen molar-refractivity contribution in [3.63, 3.8) is 0 Å². The summed E-state index contributed by atoms with van der Waals surface area (Å²) >= 11 is 5.97. The number of esters is 1. The number of fused-ring (bicyclic) bond motifs is 1. The molecule has 0 aliphatic carbocycles. The van der Waals surface area contributed by atoms with Crippen LogP contribution >= 0.6 is 11.6 Å². The third-order valence-electron chi connectivity index (χ3n) is 4.28. The Morgan fingerprint density at radius 3 is 2.65 bits per heavy atom. The number of benzene rings is 1. The van der Waals surface area contributed by atoms with Crippen LogP contribution in [0.15, 0.2) is 46.6 Å². The van der Waals surface area contributed by atoms with E-state index in [2.05, 4.69) is 4.98 Å². The SMILES string of the molecule is CCCc1cc2c(c(=O)[nH]1)C(c1ccc(Cl)cc1)C(C(=O)OC)=C(N)O2. The number of aromatic nitrogens is 1. The molecule has 1 aromatic carbocycles. The standard InChI is InChI=1S/C19H19ClN2O4/c1-3-4-12-9-13-15(18(23)22-12)14(10-5-7-11(20)8-6-10)16(17(21)26-13)19(24)25-2/h5-9,14H,3-4,21H2,1-2H3,(H,22,23). The van der Waals surface area contributed by atoms with E-state index in [1.165, 1.54) is 7.11 Å². The molecular weight excluding hydrogens is 356 g/mol. The number of carbonyl (C=O) groups is 1. The predicted molar refractivity (Wildman–Crippen MR) is 98.2 cm³/mol. The summed E-state index contributed by atoms with van der Waals surface area (Å²) in [6.07, 6.45) is 1.57. The highest BCUT2D eigenvalue weighted by Gasteiger charge is 2.37. The quantitative estimate of drug-likeness (QED) is 0.802. The van der Waals surface area contributed by atoms with Crippen molar-refractivity contribution in [2.24, 2.45) is 5.73 Å². The molecule has 1 aliphatic rings. The molecule has 136 valence electrons. The molecule has 1 unspecified atom stereocenters. The summed E-state index contributed by atoms with van der Waals surface area (Å²) < 4.78 is 10.5. The number of hydrogen-bond donors (Lipinski definition) is 2. The molecule has 0 radical (unpaired) electrons. The van der Waals surface area contributed by atoms with Crippen LogP contribution in [0.1, 0.15) is 36.1 Å². The number of nitrogens with one attached hydrogen (secondary N) is 1. The highest BCUT2D eigenvalue weighted by Crippen LogP contribution is 2.41. The number of H-pyrrole nitrogens is 1. The van der Waals surface area contributed by atoms with Crippen molar-refractivity contribution < 1.29 is 14.3 Å². The smallest absolute Gasteiger partial charge is 0.340 e. The van der Waals surface area contributed by atoms with Crippen LogP contribution in [0.3, 0.4) is 0 Å². The summed E-state index contributed by atoms with van der Waals surface area (Å²) in [5.41, 5.74) is 7.56. The van der Waals surface area contributed by atoms with Crippen molar-refractivity contribution >= 4 is 17.6 Å². The van der Waals surface area contributed by atoms with Crippen molar-refractivity contribution in [3.05, 3.63) is 74.0 Å². The van der Waals surface area contributed by atoms with Gasteiger partial charge in [0, 0.05) is 16.8 Å². The van der Waals surface area contributed by atoms with Gasteiger partial charge in [-0.05, 0) is 24.1 Å². The zero-order chi connectivity index (χ0) is 18.8. The molecule has 0 fully saturated rings. The van der Waals surface area contributed by atoms with Gasteiger partial charge >= 0.3 is 5.97 Å². The van der Waals surface area contributed by atoms with Crippen molar-refractivity contribution in [2.75, 3.05) is 7.11 Å². The lowest BCUT2D eigenvalue weighted by atomic mass is 9.83. The molecule has 2 heterocycles. The molecule has 7 heteroatoms. The van der Waals surface area contributed by atoms with Crippen LogP contribution in [-0.4, -0.2) is 18.1 Å². The molecule has 1 aromatic heterocycles. The average molecular weight is 375 g/mol. The van der Waals surface area contributed by atoms with E-state index in [0.717, 1.165) is 12.1 Å². The Morgan fingerprint density at radius 1 is 1.35 bits per heavy atom. The minimum Gasteiger partial charge on any atom is -0.465 e.